The molecule has 0 aliphatic rings. The Hall–Kier alpha value is -2.17. The van der Waals surface area contributed by atoms with Crippen molar-refractivity contribution in [3.63, 3.8) is 0 Å². The van der Waals surface area contributed by atoms with Gasteiger partial charge in [0.2, 0.25) is 5.91 Å². The van der Waals surface area contributed by atoms with Crippen molar-refractivity contribution in [3.05, 3.63) is 48.3 Å². The number of rotatable bonds is 5. The molecule has 0 aromatic carbocycles. The van der Waals surface area contributed by atoms with Gasteiger partial charge in [0, 0.05) is 37.3 Å². The van der Waals surface area contributed by atoms with Gasteiger partial charge < -0.3 is 10.3 Å². The molecule has 0 fully saturated rings. The predicted molar refractivity (Wildman–Crippen MR) is 63.2 cm³/mol. The lowest BCUT2D eigenvalue weighted by Crippen LogP contribution is -2.27. The molecule has 0 saturated carbocycles. The molecule has 0 aliphatic carbocycles. The quantitative estimate of drug-likeness (QED) is 0.794. The van der Waals surface area contributed by atoms with Gasteiger partial charge in [-0.3, -0.25) is 9.78 Å². The molecule has 2 rings (SSSR count). The average Bonchev–Trinajstić information content (AvgIpc) is 2.83. The molecular formula is C12H14N4O. The van der Waals surface area contributed by atoms with Gasteiger partial charge in [0.05, 0.1) is 12.7 Å². The largest absolute Gasteiger partial charge is 0.355 e. The van der Waals surface area contributed by atoms with Crippen LogP contribution in [-0.2, 0) is 17.6 Å². The molecule has 5 nitrogen and oxygen atoms in total. The van der Waals surface area contributed by atoms with Crippen LogP contribution in [0.5, 0.6) is 0 Å². The van der Waals surface area contributed by atoms with E-state index in [1.165, 1.54) is 0 Å². The molecule has 2 aromatic heterocycles. The van der Waals surface area contributed by atoms with Crippen molar-refractivity contribution in [2.24, 2.45) is 0 Å². The molecule has 0 unspecified atom stereocenters. The van der Waals surface area contributed by atoms with Crippen LogP contribution in [0, 0.1) is 0 Å². The molecule has 5 heteroatoms. The van der Waals surface area contributed by atoms with Gasteiger partial charge in [-0.1, -0.05) is 0 Å². The lowest BCUT2D eigenvalue weighted by atomic mass is 10.2. The Morgan fingerprint density at radius 2 is 2.12 bits per heavy atom. The van der Waals surface area contributed by atoms with Crippen LogP contribution < -0.4 is 5.32 Å². The molecule has 0 bridgehead atoms. The SMILES string of the molecule is O=C(Cc1ccncc1)NCCc1cnc[nH]1. The first-order chi connectivity index (χ1) is 8.34. The number of nitrogens with zero attached hydrogens (tertiary/aromatic N) is 2. The van der Waals surface area contributed by atoms with Crippen molar-refractivity contribution < 1.29 is 4.79 Å². The number of aromatic amines is 1. The number of carbonyl (C=O) groups is 1. The summed E-state index contributed by atoms with van der Waals surface area (Å²) in [6.45, 7) is 0.617. The number of nitrogens with one attached hydrogen (secondary N) is 2. The van der Waals surface area contributed by atoms with E-state index in [2.05, 4.69) is 20.3 Å². The van der Waals surface area contributed by atoms with Crippen LogP contribution in [0.1, 0.15) is 11.3 Å². The van der Waals surface area contributed by atoms with Crippen molar-refractivity contribution in [2.75, 3.05) is 6.54 Å². The molecule has 17 heavy (non-hydrogen) atoms. The minimum absolute atomic E-state index is 0.0238. The molecule has 0 aliphatic heterocycles. The van der Waals surface area contributed by atoms with Crippen molar-refractivity contribution >= 4 is 5.91 Å². The van der Waals surface area contributed by atoms with Gasteiger partial charge >= 0.3 is 0 Å². The molecule has 1 amide bonds. The van der Waals surface area contributed by atoms with E-state index in [1.807, 2.05) is 12.1 Å². The van der Waals surface area contributed by atoms with Crippen LogP contribution in [-0.4, -0.2) is 27.4 Å². The third-order valence-electron chi connectivity index (χ3n) is 2.39. The summed E-state index contributed by atoms with van der Waals surface area (Å²) in [5.74, 6) is 0.0238. The smallest absolute Gasteiger partial charge is 0.224 e. The Bertz CT molecular complexity index is 453. The molecule has 0 atom stereocenters. The Kier molecular flexibility index (Phi) is 3.85. The molecule has 2 N–H and O–H groups in total. The van der Waals surface area contributed by atoms with Gasteiger partial charge in [-0.15, -0.1) is 0 Å². The maximum absolute atomic E-state index is 11.6. The first-order valence-corrected chi connectivity index (χ1v) is 5.47. The maximum atomic E-state index is 11.6. The van der Waals surface area contributed by atoms with Gasteiger partial charge in [-0.05, 0) is 17.7 Å². The highest BCUT2D eigenvalue weighted by molar-refractivity contribution is 5.78. The monoisotopic (exact) mass is 230 g/mol. The standard InChI is InChI=1S/C12H14N4O/c17-12(7-10-1-4-13-5-2-10)15-6-3-11-8-14-9-16-11/h1-2,4-5,8-9H,3,6-7H2,(H,14,16)(H,15,17). The summed E-state index contributed by atoms with van der Waals surface area (Å²) in [6, 6.07) is 3.68. The minimum Gasteiger partial charge on any atom is -0.355 e. The van der Waals surface area contributed by atoms with Gasteiger partial charge in [0.25, 0.3) is 0 Å². The fourth-order valence-electron chi connectivity index (χ4n) is 1.51. The number of hydrogen-bond donors (Lipinski definition) is 2. The average molecular weight is 230 g/mol. The van der Waals surface area contributed by atoms with E-state index in [1.54, 1.807) is 24.9 Å². The minimum atomic E-state index is 0.0238. The summed E-state index contributed by atoms with van der Waals surface area (Å²) in [5.41, 5.74) is 1.99. The number of imidazole rings is 1. The van der Waals surface area contributed by atoms with Gasteiger partial charge in [0.1, 0.15) is 0 Å². The topological polar surface area (TPSA) is 70.7 Å². The van der Waals surface area contributed by atoms with Gasteiger partial charge in [0.15, 0.2) is 0 Å². The van der Waals surface area contributed by atoms with Crippen molar-refractivity contribution in [2.45, 2.75) is 12.8 Å². The summed E-state index contributed by atoms with van der Waals surface area (Å²) in [6.07, 6.45) is 7.93. The van der Waals surface area contributed by atoms with Crippen molar-refractivity contribution in [1.29, 1.82) is 0 Å². The normalized spacial score (nSPS) is 10.1. The Morgan fingerprint density at radius 3 is 2.82 bits per heavy atom. The summed E-state index contributed by atoms with van der Waals surface area (Å²) >= 11 is 0. The lowest BCUT2D eigenvalue weighted by molar-refractivity contribution is -0.120. The van der Waals surface area contributed by atoms with E-state index in [4.69, 9.17) is 0 Å². The van der Waals surface area contributed by atoms with Crippen LogP contribution >= 0.6 is 0 Å². The number of hydrogen-bond acceptors (Lipinski definition) is 3. The van der Waals surface area contributed by atoms with E-state index in [-0.39, 0.29) is 5.91 Å². The zero-order valence-electron chi connectivity index (χ0n) is 9.39. The van der Waals surface area contributed by atoms with E-state index >= 15 is 0 Å². The molecule has 2 aromatic rings. The number of aromatic nitrogens is 3. The van der Waals surface area contributed by atoms with E-state index in [9.17, 15) is 4.79 Å². The highest BCUT2D eigenvalue weighted by atomic mass is 16.1. The fraction of sp³-hybridized carbons (Fsp3) is 0.250. The summed E-state index contributed by atoms with van der Waals surface area (Å²) in [7, 11) is 0. The number of H-pyrrole nitrogens is 1. The molecule has 0 saturated heterocycles. The molecular weight excluding hydrogens is 216 g/mol. The second-order valence-corrected chi connectivity index (χ2v) is 3.71. The highest BCUT2D eigenvalue weighted by Gasteiger charge is 2.02. The molecule has 0 radical (unpaired) electrons. The first kappa shape index (κ1) is 11.3. The third-order valence-corrected chi connectivity index (χ3v) is 2.39. The number of pyridine rings is 1. The van der Waals surface area contributed by atoms with Gasteiger partial charge in [-0.25, -0.2) is 4.98 Å². The second kappa shape index (κ2) is 5.79. The zero-order valence-corrected chi connectivity index (χ0v) is 9.39. The summed E-state index contributed by atoms with van der Waals surface area (Å²) < 4.78 is 0. The Morgan fingerprint density at radius 1 is 1.29 bits per heavy atom. The highest BCUT2D eigenvalue weighted by Crippen LogP contribution is 1.97. The number of amides is 1. The van der Waals surface area contributed by atoms with E-state index < -0.39 is 0 Å². The first-order valence-electron chi connectivity index (χ1n) is 5.47. The van der Waals surface area contributed by atoms with Crippen molar-refractivity contribution in [1.82, 2.24) is 20.3 Å². The van der Waals surface area contributed by atoms with Crippen molar-refractivity contribution in [3.8, 4) is 0 Å². The molecule has 2 heterocycles. The summed E-state index contributed by atoms with van der Waals surface area (Å²) in [4.78, 5) is 22.4. The fourth-order valence-corrected chi connectivity index (χ4v) is 1.51. The van der Waals surface area contributed by atoms with Crippen LogP contribution in [0.4, 0.5) is 0 Å². The molecule has 88 valence electrons. The second-order valence-electron chi connectivity index (χ2n) is 3.71. The Labute approximate surface area is 99.3 Å². The van der Waals surface area contributed by atoms with Crippen LogP contribution in [0.2, 0.25) is 0 Å². The Balaban J connectivity index is 1.71. The number of carbonyl (C=O) groups excluding carboxylic acids is 1. The lowest BCUT2D eigenvalue weighted by Gasteiger charge is -2.04. The third kappa shape index (κ3) is 3.71. The van der Waals surface area contributed by atoms with E-state index in [0.717, 1.165) is 17.7 Å². The van der Waals surface area contributed by atoms with Crippen LogP contribution in [0.3, 0.4) is 0 Å². The maximum Gasteiger partial charge on any atom is 0.224 e. The summed E-state index contributed by atoms with van der Waals surface area (Å²) in [5, 5.41) is 2.86. The zero-order chi connectivity index (χ0) is 11.9. The molecule has 0 spiro atoms. The van der Waals surface area contributed by atoms with Crippen LogP contribution in [0.25, 0.3) is 0 Å². The predicted octanol–water partition coefficient (Wildman–Crippen LogP) is 0.706. The van der Waals surface area contributed by atoms with Crippen LogP contribution in [0.15, 0.2) is 37.1 Å². The van der Waals surface area contributed by atoms with E-state index in [0.29, 0.717) is 13.0 Å². The van der Waals surface area contributed by atoms with Gasteiger partial charge in [-0.2, -0.15) is 0 Å².